The lowest BCUT2D eigenvalue weighted by atomic mass is 10.2. The summed E-state index contributed by atoms with van der Waals surface area (Å²) < 4.78 is 22.7. The molecule has 0 aromatic rings. The minimum atomic E-state index is -2.79. The first-order valence-corrected chi connectivity index (χ1v) is 7.85. The van der Waals surface area contributed by atoms with Crippen molar-refractivity contribution in [3.8, 4) is 0 Å². The Balaban J connectivity index is 3.31. The average Bonchev–Trinajstić information content (AvgIpc) is 2.16. The van der Waals surface area contributed by atoms with Crippen LogP contribution in [0.25, 0.3) is 0 Å². The highest BCUT2D eigenvalue weighted by atomic mass is 32.2. The molecule has 0 spiro atoms. The van der Waals surface area contributed by atoms with Crippen LogP contribution in [0.3, 0.4) is 0 Å². The van der Waals surface area contributed by atoms with Crippen molar-refractivity contribution in [1.29, 1.82) is 0 Å². The van der Waals surface area contributed by atoms with E-state index in [0.29, 0.717) is 12.3 Å². The van der Waals surface area contributed by atoms with Gasteiger partial charge in [0.25, 0.3) is 0 Å². The van der Waals surface area contributed by atoms with Gasteiger partial charge in [0, 0.05) is 12.3 Å². The number of sulfone groups is 1. The van der Waals surface area contributed by atoms with Crippen molar-refractivity contribution in [2.75, 3.05) is 24.6 Å². The maximum Gasteiger partial charge on any atom is 0.151 e. The third-order valence-corrected chi connectivity index (χ3v) is 4.17. The fourth-order valence-electron chi connectivity index (χ4n) is 1.44. The van der Waals surface area contributed by atoms with Gasteiger partial charge >= 0.3 is 0 Å². The van der Waals surface area contributed by atoms with E-state index in [1.54, 1.807) is 0 Å². The lowest BCUT2D eigenvalue weighted by molar-refractivity contribution is 0.582. The molecule has 92 valence electrons. The lowest BCUT2D eigenvalue weighted by Gasteiger charge is -2.05. The fraction of sp³-hybridized carbons (Fsp3) is 1.00. The topological polar surface area (TPSA) is 46.2 Å². The van der Waals surface area contributed by atoms with Crippen molar-refractivity contribution in [3.63, 3.8) is 0 Å². The molecule has 0 aliphatic rings. The average molecular weight is 235 g/mol. The van der Waals surface area contributed by atoms with Crippen LogP contribution in [-0.2, 0) is 9.84 Å². The zero-order chi connectivity index (χ0) is 11.6. The molecular weight excluding hydrogens is 210 g/mol. The molecule has 0 fully saturated rings. The smallest absolute Gasteiger partial charge is 0.151 e. The van der Waals surface area contributed by atoms with Crippen LogP contribution in [0.4, 0.5) is 0 Å². The van der Waals surface area contributed by atoms with Gasteiger partial charge in [0.2, 0.25) is 0 Å². The second kappa shape index (κ2) is 9.16. The molecule has 1 N–H and O–H groups in total. The molecule has 0 aliphatic heterocycles. The first-order chi connectivity index (χ1) is 7.12. The van der Waals surface area contributed by atoms with Gasteiger partial charge < -0.3 is 5.32 Å². The summed E-state index contributed by atoms with van der Waals surface area (Å²) in [7, 11) is -2.79. The van der Waals surface area contributed by atoms with E-state index >= 15 is 0 Å². The molecule has 3 nitrogen and oxygen atoms in total. The van der Waals surface area contributed by atoms with Crippen LogP contribution in [0.1, 0.15) is 46.0 Å². The quantitative estimate of drug-likeness (QED) is 0.589. The van der Waals surface area contributed by atoms with E-state index in [9.17, 15) is 8.42 Å². The fourth-order valence-corrected chi connectivity index (χ4v) is 2.72. The predicted molar refractivity (Wildman–Crippen MR) is 66.0 cm³/mol. The van der Waals surface area contributed by atoms with Crippen LogP contribution < -0.4 is 5.32 Å². The Bertz CT molecular complexity index is 225. The Hall–Kier alpha value is -0.0900. The van der Waals surface area contributed by atoms with Crippen molar-refractivity contribution in [2.45, 2.75) is 46.0 Å². The summed E-state index contributed by atoms with van der Waals surface area (Å²) >= 11 is 0. The van der Waals surface area contributed by atoms with E-state index in [0.717, 1.165) is 19.4 Å². The molecule has 0 heterocycles. The van der Waals surface area contributed by atoms with E-state index in [2.05, 4.69) is 12.2 Å². The monoisotopic (exact) mass is 235 g/mol. The summed E-state index contributed by atoms with van der Waals surface area (Å²) in [5, 5.41) is 3.18. The number of hydrogen-bond acceptors (Lipinski definition) is 3. The van der Waals surface area contributed by atoms with E-state index < -0.39 is 9.84 Å². The molecule has 0 saturated heterocycles. The molecule has 0 radical (unpaired) electrons. The summed E-state index contributed by atoms with van der Waals surface area (Å²) in [5.41, 5.74) is 0. The van der Waals surface area contributed by atoms with Crippen molar-refractivity contribution in [2.24, 2.45) is 0 Å². The van der Waals surface area contributed by atoms with Crippen LogP contribution >= 0.6 is 0 Å². The highest BCUT2D eigenvalue weighted by Crippen LogP contribution is 1.97. The molecular formula is C11H25NO2S. The van der Waals surface area contributed by atoms with E-state index in [1.165, 1.54) is 19.3 Å². The standard InChI is InChI=1S/C11H25NO2S/c1-3-5-6-7-8-12-9-11-15(13,14)10-4-2/h12H,3-11H2,1-2H3. The number of hydrogen-bond donors (Lipinski definition) is 1. The zero-order valence-corrected chi connectivity index (χ0v) is 10.9. The van der Waals surface area contributed by atoms with Gasteiger partial charge in [-0.2, -0.15) is 0 Å². The third kappa shape index (κ3) is 10.2. The van der Waals surface area contributed by atoms with Gasteiger partial charge in [0.15, 0.2) is 9.84 Å². The minimum Gasteiger partial charge on any atom is -0.316 e. The molecule has 0 saturated carbocycles. The van der Waals surface area contributed by atoms with Gasteiger partial charge in [-0.25, -0.2) is 8.42 Å². The lowest BCUT2D eigenvalue weighted by Crippen LogP contribution is -2.25. The molecule has 0 unspecified atom stereocenters. The summed E-state index contributed by atoms with van der Waals surface area (Å²) in [5.74, 6) is 0.610. The van der Waals surface area contributed by atoms with Crippen molar-refractivity contribution in [3.05, 3.63) is 0 Å². The van der Waals surface area contributed by atoms with Crippen LogP contribution in [0.5, 0.6) is 0 Å². The third-order valence-electron chi connectivity index (χ3n) is 2.31. The maximum atomic E-state index is 11.3. The van der Waals surface area contributed by atoms with Gasteiger partial charge in [-0.15, -0.1) is 0 Å². The predicted octanol–water partition coefficient (Wildman–Crippen LogP) is 1.98. The largest absolute Gasteiger partial charge is 0.316 e. The Labute approximate surface area is 94.6 Å². The molecule has 0 rings (SSSR count). The molecule has 15 heavy (non-hydrogen) atoms. The molecule has 0 amide bonds. The maximum absolute atomic E-state index is 11.3. The SMILES string of the molecule is CCCCCCNCCS(=O)(=O)CCC. The molecule has 0 aliphatic carbocycles. The number of nitrogens with one attached hydrogen (secondary N) is 1. The summed E-state index contributed by atoms with van der Waals surface area (Å²) in [6.07, 6.45) is 5.63. The summed E-state index contributed by atoms with van der Waals surface area (Å²) in [6.45, 7) is 5.64. The Morgan fingerprint density at radius 2 is 1.60 bits per heavy atom. The molecule has 0 atom stereocenters. The minimum absolute atomic E-state index is 0.286. The summed E-state index contributed by atoms with van der Waals surface area (Å²) in [4.78, 5) is 0. The first kappa shape index (κ1) is 14.9. The number of rotatable bonds is 10. The van der Waals surface area contributed by atoms with Crippen molar-refractivity contribution >= 4 is 9.84 Å². The van der Waals surface area contributed by atoms with Crippen LogP contribution in [0.2, 0.25) is 0 Å². The normalized spacial score (nSPS) is 11.9. The highest BCUT2D eigenvalue weighted by molar-refractivity contribution is 7.91. The first-order valence-electron chi connectivity index (χ1n) is 6.03. The van der Waals surface area contributed by atoms with Crippen LogP contribution in [0.15, 0.2) is 0 Å². The second-order valence-electron chi connectivity index (χ2n) is 3.96. The van der Waals surface area contributed by atoms with E-state index in [4.69, 9.17) is 0 Å². The molecule has 0 aromatic heterocycles. The van der Waals surface area contributed by atoms with Gasteiger partial charge in [-0.05, 0) is 19.4 Å². The van der Waals surface area contributed by atoms with Gasteiger partial charge in [-0.1, -0.05) is 33.1 Å². The van der Waals surface area contributed by atoms with Crippen LogP contribution in [0, 0.1) is 0 Å². The Morgan fingerprint density at radius 3 is 2.20 bits per heavy atom. The van der Waals surface area contributed by atoms with Gasteiger partial charge in [-0.3, -0.25) is 0 Å². The van der Waals surface area contributed by atoms with E-state index in [1.807, 2.05) is 6.92 Å². The van der Waals surface area contributed by atoms with E-state index in [-0.39, 0.29) is 5.75 Å². The van der Waals surface area contributed by atoms with Crippen molar-refractivity contribution < 1.29 is 8.42 Å². The molecule has 0 aromatic carbocycles. The summed E-state index contributed by atoms with van der Waals surface area (Å²) in [6, 6.07) is 0. The molecule has 4 heteroatoms. The highest BCUT2D eigenvalue weighted by Gasteiger charge is 2.07. The van der Waals surface area contributed by atoms with Crippen molar-refractivity contribution in [1.82, 2.24) is 5.32 Å². The Kier molecular flexibility index (Phi) is 9.10. The number of unbranched alkanes of at least 4 members (excludes halogenated alkanes) is 3. The Morgan fingerprint density at radius 1 is 0.867 bits per heavy atom. The van der Waals surface area contributed by atoms with Gasteiger partial charge in [0.05, 0.1) is 5.75 Å². The zero-order valence-electron chi connectivity index (χ0n) is 10.1. The van der Waals surface area contributed by atoms with Gasteiger partial charge in [0.1, 0.15) is 0 Å². The molecule has 0 bridgehead atoms. The second-order valence-corrected chi connectivity index (χ2v) is 6.27. The van der Waals surface area contributed by atoms with Crippen LogP contribution in [-0.4, -0.2) is 33.0 Å².